The Morgan fingerprint density at radius 2 is 1.96 bits per heavy atom. The van der Waals surface area contributed by atoms with Gasteiger partial charge in [0, 0.05) is 17.3 Å². The van der Waals surface area contributed by atoms with Crippen molar-refractivity contribution in [1.29, 1.82) is 0 Å². The summed E-state index contributed by atoms with van der Waals surface area (Å²) in [5, 5.41) is 8.11. The summed E-state index contributed by atoms with van der Waals surface area (Å²) in [7, 11) is 1.61. The van der Waals surface area contributed by atoms with E-state index >= 15 is 0 Å². The van der Waals surface area contributed by atoms with E-state index in [1.807, 2.05) is 42.5 Å². The molecule has 7 nitrogen and oxygen atoms in total. The second kappa shape index (κ2) is 7.13. The van der Waals surface area contributed by atoms with Crippen LogP contribution >= 0.6 is 11.6 Å². The van der Waals surface area contributed by atoms with E-state index in [2.05, 4.69) is 20.4 Å². The molecule has 0 saturated carbocycles. The lowest BCUT2D eigenvalue weighted by molar-refractivity contribution is 0.415. The Morgan fingerprint density at radius 1 is 1.19 bits per heavy atom. The highest BCUT2D eigenvalue weighted by Crippen LogP contribution is 2.21. The summed E-state index contributed by atoms with van der Waals surface area (Å²) in [6.07, 6.45) is 0. The van der Waals surface area contributed by atoms with Gasteiger partial charge in [-0.05, 0) is 36.4 Å². The van der Waals surface area contributed by atoms with Crippen LogP contribution in [-0.4, -0.2) is 26.7 Å². The van der Waals surface area contributed by atoms with Crippen molar-refractivity contribution in [3.05, 3.63) is 75.7 Å². The number of rotatable bonds is 5. The first kappa shape index (κ1) is 17.1. The molecule has 0 atom stereocenters. The number of hydrogen-bond donors (Lipinski definition) is 2. The van der Waals surface area contributed by atoms with Gasteiger partial charge in [0.15, 0.2) is 5.82 Å². The van der Waals surface area contributed by atoms with Crippen LogP contribution < -0.4 is 15.6 Å². The minimum absolute atomic E-state index is 0.257. The number of H-pyrrole nitrogens is 1. The molecular weight excluding hydrogens is 366 g/mol. The SMILES string of the molecule is COc1ccc(-c2nc3[nH]c(CNc4ccccc4Cl)cc(=O)n3n2)cc1. The van der Waals surface area contributed by atoms with Gasteiger partial charge >= 0.3 is 0 Å². The van der Waals surface area contributed by atoms with Crippen LogP contribution in [0.4, 0.5) is 5.69 Å². The fourth-order valence-electron chi connectivity index (χ4n) is 2.69. The predicted molar refractivity (Wildman–Crippen MR) is 104 cm³/mol. The lowest BCUT2D eigenvalue weighted by Crippen LogP contribution is -2.17. The normalized spacial score (nSPS) is 10.9. The van der Waals surface area contributed by atoms with Gasteiger partial charge in [0.2, 0.25) is 5.78 Å². The van der Waals surface area contributed by atoms with Crippen LogP contribution in [0.1, 0.15) is 5.69 Å². The van der Waals surface area contributed by atoms with Crippen molar-refractivity contribution in [1.82, 2.24) is 19.6 Å². The van der Waals surface area contributed by atoms with Gasteiger partial charge in [-0.1, -0.05) is 23.7 Å². The Bertz CT molecular complexity index is 1150. The topological polar surface area (TPSA) is 84.3 Å². The number of nitrogens with one attached hydrogen (secondary N) is 2. The number of nitrogens with zero attached hydrogens (tertiary/aromatic N) is 3. The Morgan fingerprint density at radius 3 is 2.70 bits per heavy atom. The molecule has 0 aliphatic carbocycles. The van der Waals surface area contributed by atoms with Crippen LogP contribution in [-0.2, 0) is 6.54 Å². The van der Waals surface area contributed by atoms with Gasteiger partial charge in [0.1, 0.15) is 5.75 Å². The second-order valence-electron chi connectivity index (χ2n) is 5.87. The van der Waals surface area contributed by atoms with Crippen LogP contribution in [0, 0.1) is 0 Å². The van der Waals surface area contributed by atoms with E-state index in [-0.39, 0.29) is 5.56 Å². The first-order chi connectivity index (χ1) is 13.1. The van der Waals surface area contributed by atoms with E-state index in [4.69, 9.17) is 16.3 Å². The monoisotopic (exact) mass is 381 g/mol. The highest BCUT2D eigenvalue weighted by molar-refractivity contribution is 6.33. The summed E-state index contributed by atoms with van der Waals surface area (Å²) in [6, 6.07) is 16.2. The molecule has 0 unspecified atom stereocenters. The number of ether oxygens (including phenoxy) is 1. The number of aromatic nitrogens is 4. The predicted octanol–water partition coefficient (Wildman–Crippen LogP) is 3.36. The fourth-order valence-corrected chi connectivity index (χ4v) is 2.89. The van der Waals surface area contributed by atoms with Crippen LogP contribution in [0.2, 0.25) is 5.02 Å². The molecular formula is C19H16ClN5O2. The van der Waals surface area contributed by atoms with E-state index in [1.54, 1.807) is 13.2 Å². The molecule has 2 aromatic heterocycles. The summed E-state index contributed by atoms with van der Waals surface area (Å²) < 4.78 is 6.40. The zero-order valence-corrected chi connectivity index (χ0v) is 15.2. The van der Waals surface area contributed by atoms with Gasteiger partial charge in [-0.15, -0.1) is 5.10 Å². The Hall–Kier alpha value is -3.32. The molecule has 0 bridgehead atoms. The maximum absolute atomic E-state index is 12.4. The standard InChI is InChI=1S/C19H16ClN5O2/c1-27-14-8-6-12(7-9-14)18-23-19-22-13(10-17(26)25(19)24-18)11-21-16-5-3-2-4-15(16)20/h2-10,21H,11H2,1H3,(H,22,23,24). The third kappa shape index (κ3) is 3.50. The van der Waals surface area contributed by atoms with E-state index in [0.29, 0.717) is 28.9 Å². The summed E-state index contributed by atoms with van der Waals surface area (Å²) in [5.74, 6) is 1.58. The first-order valence-electron chi connectivity index (χ1n) is 8.26. The molecule has 0 amide bonds. The van der Waals surface area contributed by atoms with Gasteiger partial charge in [-0.3, -0.25) is 4.79 Å². The molecule has 2 heterocycles. The average Bonchev–Trinajstić information content (AvgIpc) is 3.12. The number of aromatic amines is 1. The summed E-state index contributed by atoms with van der Waals surface area (Å²) >= 11 is 6.14. The molecule has 27 heavy (non-hydrogen) atoms. The van der Waals surface area contributed by atoms with Crippen molar-refractivity contribution >= 4 is 23.1 Å². The molecule has 2 aromatic carbocycles. The lowest BCUT2D eigenvalue weighted by Gasteiger charge is -2.08. The Kier molecular flexibility index (Phi) is 4.52. The minimum Gasteiger partial charge on any atom is -0.497 e. The van der Waals surface area contributed by atoms with Crippen molar-refractivity contribution < 1.29 is 4.74 Å². The van der Waals surface area contributed by atoms with E-state index < -0.39 is 0 Å². The van der Waals surface area contributed by atoms with Gasteiger partial charge in [0.05, 0.1) is 24.4 Å². The number of benzene rings is 2. The van der Waals surface area contributed by atoms with Gasteiger partial charge in [0.25, 0.3) is 5.56 Å². The van der Waals surface area contributed by atoms with Crippen molar-refractivity contribution in [3.63, 3.8) is 0 Å². The molecule has 2 N–H and O–H groups in total. The third-order valence-electron chi connectivity index (χ3n) is 4.08. The minimum atomic E-state index is -0.257. The van der Waals surface area contributed by atoms with Crippen LogP contribution in [0.15, 0.2) is 59.4 Å². The van der Waals surface area contributed by atoms with Crippen LogP contribution in [0.5, 0.6) is 5.75 Å². The molecule has 0 radical (unpaired) electrons. The zero-order chi connectivity index (χ0) is 18.8. The van der Waals surface area contributed by atoms with Gasteiger partial charge < -0.3 is 15.0 Å². The quantitative estimate of drug-likeness (QED) is 0.553. The van der Waals surface area contributed by atoms with E-state index in [0.717, 1.165) is 17.0 Å². The number of halogens is 1. The molecule has 8 heteroatoms. The van der Waals surface area contributed by atoms with Gasteiger partial charge in [-0.2, -0.15) is 9.50 Å². The molecule has 4 aromatic rings. The maximum Gasteiger partial charge on any atom is 0.275 e. The molecule has 0 spiro atoms. The molecule has 0 aliphatic heterocycles. The summed E-state index contributed by atoms with van der Waals surface area (Å²) in [5.41, 5.74) is 2.01. The van der Waals surface area contributed by atoms with E-state index in [9.17, 15) is 4.79 Å². The summed E-state index contributed by atoms with van der Waals surface area (Å²) in [4.78, 5) is 20.0. The average molecular weight is 382 g/mol. The number of anilines is 1. The molecule has 0 saturated heterocycles. The van der Waals surface area contributed by atoms with Crippen molar-refractivity contribution in [2.24, 2.45) is 0 Å². The maximum atomic E-state index is 12.4. The van der Waals surface area contributed by atoms with E-state index in [1.165, 1.54) is 10.6 Å². The second-order valence-corrected chi connectivity index (χ2v) is 6.27. The molecule has 136 valence electrons. The first-order valence-corrected chi connectivity index (χ1v) is 8.63. The highest BCUT2D eigenvalue weighted by atomic mass is 35.5. The highest BCUT2D eigenvalue weighted by Gasteiger charge is 2.10. The smallest absolute Gasteiger partial charge is 0.275 e. The van der Waals surface area contributed by atoms with Crippen molar-refractivity contribution in [2.45, 2.75) is 6.54 Å². The number of para-hydroxylation sites is 1. The number of methoxy groups -OCH3 is 1. The number of hydrogen-bond acceptors (Lipinski definition) is 5. The van der Waals surface area contributed by atoms with Crippen LogP contribution in [0.3, 0.4) is 0 Å². The van der Waals surface area contributed by atoms with Crippen molar-refractivity contribution in [3.8, 4) is 17.1 Å². The van der Waals surface area contributed by atoms with Crippen LogP contribution in [0.25, 0.3) is 17.2 Å². The zero-order valence-electron chi connectivity index (χ0n) is 14.4. The fraction of sp³-hybridized carbons (Fsp3) is 0.105. The lowest BCUT2D eigenvalue weighted by atomic mass is 10.2. The molecule has 0 aliphatic rings. The molecule has 0 fully saturated rings. The summed E-state index contributed by atoms with van der Waals surface area (Å²) in [6.45, 7) is 0.403. The van der Waals surface area contributed by atoms with Gasteiger partial charge in [-0.25, -0.2) is 0 Å². The largest absolute Gasteiger partial charge is 0.497 e. The third-order valence-corrected chi connectivity index (χ3v) is 4.41. The Balaban J connectivity index is 1.63. The number of fused-ring (bicyclic) bond motifs is 1. The molecule has 4 rings (SSSR count). The van der Waals surface area contributed by atoms with Crippen molar-refractivity contribution in [2.75, 3.05) is 12.4 Å². The Labute approximate surface area is 159 Å².